The van der Waals surface area contributed by atoms with Crippen LogP contribution in [0.2, 0.25) is 5.28 Å². The third-order valence-corrected chi connectivity index (χ3v) is 2.75. The topological polar surface area (TPSA) is 92.2 Å². The van der Waals surface area contributed by atoms with Crippen LogP contribution in [-0.2, 0) is 6.42 Å². The molecule has 1 amide bonds. The van der Waals surface area contributed by atoms with Crippen molar-refractivity contribution in [3.8, 4) is 0 Å². The van der Waals surface area contributed by atoms with Gasteiger partial charge in [0.2, 0.25) is 5.28 Å². The Labute approximate surface area is 123 Å². The van der Waals surface area contributed by atoms with Gasteiger partial charge in [-0.15, -0.1) is 0 Å². The van der Waals surface area contributed by atoms with Crippen molar-refractivity contribution in [1.29, 1.82) is 0 Å². The van der Waals surface area contributed by atoms with Crippen LogP contribution in [0.5, 0.6) is 0 Å². The van der Waals surface area contributed by atoms with Gasteiger partial charge in [-0.3, -0.25) is 10.1 Å². The number of nitrogens with zero attached hydrogens (tertiary/aromatic N) is 2. The van der Waals surface area contributed by atoms with Crippen LogP contribution in [-0.4, -0.2) is 27.0 Å². The number of carboxylic acid groups (broad SMARTS) is 1. The van der Waals surface area contributed by atoms with Gasteiger partial charge in [0.05, 0.1) is 23.4 Å². The molecule has 0 unspecified atom stereocenters. The maximum Gasteiger partial charge on any atom is 0.409 e. The fourth-order valence-corrected chi connectivity index (χ4v) is 1.85. The number of amides is 1. The second kappa shape index (κ2) is 6.27. The number of rotatable bonds is 4. The summed E-state index contributed by atoms with van der Waals surface area (Å²) in [5.74, 6) is -1.47. The van der Waals surface area contributed by atoms with Gasteiger partial charge in [0.25, 0.3) is 0 Å². The van der Waals surface area contributed by atoms with Gasteiger partial charge in [0.1, 0.15) is 0 Å². The molecule has 0 spiro atoms. The minimum Gasteiger partial charge on any atom is -0.465 e. The molecule has 6 nitrogen and oxygen atoms in total. The summed E-state index contributed by atoms with van der Waals surface area (Å²) in [6.07, 6.45) is -0.201. The van der Waals surface area contributed by atoms with Crippen LogP contribution in [0.1, 0.15) is 16.1 Å². The lowest BCUT2D eigenvalue weighted by Gasteiger charge is -2.07. The molecule has 1 heterocycles. The second-order valence-corrected chi connectivity index (χ2v) is 4.35. The summed E-state index contributed by atoms with van der Waals surface area (Å²) in [7, 11) is 0. The first-order chi connectivity index (χ1) is 9.97. The van der Waals surface area contributed by atoms with Crippen LogP contribution in [0, 0.1) is 5.82 Å². The molecular formula is C13H9ClFN3O3. The van der Waals surface area contributed by atoms with Crippen molar-refractivity contribution in [2.24, 2.45) is 0 Å². The molecule has 0 aliphatic heterocycles. The number of hydrogen-bond donors (Lipinski definition) is 2. The molecule has 0 saturated carbocycles. The van der Waals surface area contributed by atoms with E-state index in [2.05, 4.69) is 9.97 Å². The molecule has 21 heavy (non-hydrogen) atoms. The van der Waals surface area contributed by atoms with Crippen LogP contribution in [0.3, 0.4) is 0 Å². The molecule has 0 radical (unpaired) electrons. The first-order valence-corrected chi connectivity index (χ1v) is 6.14. The van der Waals surface area contributed by atoms with Gasteiger partial charge in [0, 0.05) is 6.20 Å². The molecule has 1 aromatic heterocycles. The number of hydrogen-bond acceptors (Lipinski definition) is 4. The van der Waals surface area contributed by atoms with Crippen molar-refractivity contribution in [1.82, 2.24) is 9.97 Å². The molecule has 0 saturated heterocycles. The fraction of sp³-hybridized carbons (Fsp3) is 0.0769. The minimum atomic E-state index is -1.42. The van der Waals surface area contributed by atoms with Gasteiger partial charge in [-0.25, -0.2) is 19.2 Å². The fourth-order valence-electron chi connectivity index (χ4n) is 1.69. The Morgan fingerprint density at radius 3 is 2.76 bits per heavy atom. The van der Waals surface area contributed by atoms with Gasteiger partial charge in [-0.2, -0.15) is 0 Å². The third kappa shape index (κ3) is 3.73. The smallest absolute Gasteiger partial charge is 0.409 e. The van der Waals surface area contributed by atoms with Crippen molar-refractivity contribution in [3.05, 3.63) is 52.8 Å². The van der Waals surface area contributed by atoms with Gasteiger partial charge >= 0.3 is 6.09 Å². The lowest BCUT2D eigenvalue weighted by Crippen LogP contribution is -2.13. The Morgan fingerprint density at radius 1 is 1.33 bits per heavy atom. The molecule has 0 aliphatic rings. The molecule has 0 atom stereocenters. The van der Waals surface area contributed by atoms with E-state index < -0.39 is 17.7 Å². The number of ketones is 1. The van der Waals surface area contributed by atoms with Gasteiger partial charge in [0.15, 0.2) is 11.6 Å². The average molecular weight is 310 g/mol. The summed E-state index contributed by atoms with van der Waals surface area (Å²) in [5, 5.41) is 10.5. The Bertz CT molecular complexity index is 709. The first-order valence-electron chi connectivity index (χ1n) is 5.76. The highest BCUT2D eigenvalue weighted by molar-refractivity contribution is 6.28. The summed E-state index contributed by atoms with van der Waals surface area (Å²) >= 11 is 5.61. The zero-order valence-corrected chi connectivity index (χ0v) is 11.3. The number of benzene rings is 1. The van der Waals surface area contributed by atoms with Crippen LogP contribution < -0.4 is 5.32 Å². The number of Topliss-reactive ketones (excluding diaryl/α,β-unsaturated/α-hetero) is 1. The average Bonchev–Trinajstić information content (AvgIpc) is 2.40. The van der Waals surface area contributed by atoms with Crippen LogP contribution >= 0.6 is 11.6 Å². The molecule has 108 valence electrons. The maximum atomic E-state index is 14.1. The van der Waals surface area contributed by atoms with E-state index in [1.165, 1.54) is 30.5 Å². The molecule has 2 rings (SSSR count). The highest BCUT2D eigenvalue weighted by Crippen LogP contribution is 2.19. The monoisotopic (exact) mass is 309 g/mol. The van der Waals surface area contributed by atoms with Gasteiger partial charge < -0.3 is 5.11 Å². The minimum absolute atomic E-state index is 0.0120. The quantitative estimate of drug-likeness (QED) is 0.669. The lowest BCUT2D eigenvalue weighted by atomic mass is 10.0. The maximum absolute atomic E-state index is 14.1. The predicted molar refractivity (Wildman–Crippen MR) is 73.1 cm³/mol. The molecule has 0 aliphatic carbocycles. The number of carbonyl (C=O) groups excluding carboxylic acids is 1. The predicted octanol–water partition coefficient (Wildman–Crippen LogP) is 2.78. The molecule has 8 heteroatoms. The van der Waals surface area contributed by atoms with E-state index in [1.54, 1.807) is 0 Å². The van der Waals surface area contributed by atoms with E-state index in [9.17, 15) is 14.0 Å². The van der Waals surface area contributed by atoms with Gasteiger partial charge in [-0.05, 0) is 29.8 Å². The Morgan fingerprint density at radius 2 is 2.10 bits per heavy atom. The normalized spacial score (nSPS) is 10.2. The van der Waals surface area contributed by atoms with Gasteiger partial charge in [-0.1, -0.05) is 6.07 Å². The molecule has 0 bridgehead atoms. The molecule has 1 aromatic carbocycles. The zero-order chi connectivity index (χ0) is 15.4. The number of aromatic nitrogens is 2. The molecular weight excluding hydrogens is 301 g/mol. The van der Waals surface area contributed by atoms with Crippen LogP contribution in [0.4, 0.5) is 14.9 Å². The Kier molecular flexibility index (Phi) is 4.44. The number of halogens is 2. The van der Waals surface area contributed by atoms with Crippen molar-refractivity contribution < 1.29 is 19.1 Å². The standard InChI is InChI=1S/C13H9ClFN3O3/c14-12-16-5-4-7(17-12)6-10(19)8-2-1-3-9(11(8)15)18-13(20)21/h1-5,18H,6H2,(H,20,21). The summed E-state index contributed by atoms with van der Waals surface area (Å²) in [6, 6.07) is 5.37. The lowest BCUT2D eigenvalue weighted by molar-refractivity contribution is 0.0988. The highest BCUT2D eigenvalue weighted by atomic mass is 35.5. The summed E-state index contributed by atoms with van der Waals surface area (Å²) in [6.45, 7) is 0. The van der Waals surface area contributed by atoms with Crippen LogP contribution in [0.25, 0.3) is 0 Å². The van der Waals surface area contributed by atoms with E-state index in [0.29, 0.717) is 5.69 Å². The third-order valence-electron chi connectivity index (χ3n) is 2.57. The molecule has 2 aromatic rings. The van der Waals surface area contributed by atoms with Crippen molar-refractivity contribution in [2.75, 3.05) is 5.32 Å². The summed E-state index contributed by atoms with van der Waals surface area (Å²) in [4.78, 5) is 30.1. The largest absolute Gasteiger partial charge is 0.465 e. The Balaban J connectivity index is 2.25. The number of anilines is 1. The first kappa shape index (κ1) is 14.9. The zero-order valence-electron chi connectivity index (χ0n) is 10.5. The second-order valence-electron chi connectivity index (χ2n) is 4.01. The van der Waals surface area contributed by atoms with E-state index in [1.807, 2.05) is 5.32 Å². The van der Waals surface area contributed by atoms with Crippen molar-refractivity contribution in [3.63, 3.8) is 0 Å². The Hall–Kier alpha value is -2.54. The van der Waals surface area contributed by atoms with Crippen LogP contribution in [0.15, 0.2) is 30.5 Å². The van der Waals surface area contributed by atoms with Crippen molar-refractivity contribution >= 4 is 29.2 Å². The summed E-state index contributed by atoms with van der Waals surface area (Å²) in [5.41, 5.74) is -0.166. The van der Waals surface area contributed by atoms with E-state index in [4.69, 9.17) is 16.7 Å². The number of carbonyl (C=O) groups is 2. The van der Waals surface area contributed by atoms with E-state index >= 15 is 0 Å². The van der Waals surface area contributed by atoms with Crippen molar-refractivity contribution in [2.45, 2.75) is 6.42 Å². The highest BCUT2D eigenvalue weighted by Gasteiger charge is 2.17. The van der Waals surface area contributed by atoms with E-state index in [0.717, 1.165) is 0 Å². The SMILES string of the molecule is O=C(O)Nc1cccc(C(=O)Cc2ccnc(Cl)n2)c1F. The summed E-state index contributed by atoms with van der Waals surface area (Å²) < 4.78 is 14.1. The number of nitrogens with one attached hydrogen (secondary N) is 1. The molecule has 2 N–H and O–H groups in total. The van der Waals surface area contributed by atoms with E-state index in [-0.39, 0.29) is 23.0 Å². The molecule has 0 fully saturated rings.